The van der Waals surface area contributed by atoms with Crippen LogP contribution in [0.4, 0.5) is 5.82 Å². The molecule has 0 saturated carbocycles. The Morgan fingerprint density at radius 2 is 2.00 bits per heavy atom. The molecule has 4 rings (SSSR count). The Bertz CT molecular complexity index is 1310. The van der Waals surface area contributed by atoms with Crippen molar-refractivity contribution in [3.8, 4) is 17.1 Å². The minimum absolute atomic E-state index is 0.108. The first-order valence-electron chi connectivity index (χ1n) is 10.4. The average molecular weight is 463 g/mol. The molecule has 33 heavy (non-hydrogen) atoms. The normalized spacial score (nSPS) is 11.8. The van der Waals surface area contributed by atoms with Gasteiger partial charge in [-0.1, -0.05) is 36.7 Å². The first-order chi connectivity index (χ1) is 16.0. The number of para-hydroxylation sites is 1. The van der Waals surface area contributed by atoms with Gasteiger partial charge in [-0.2, -0.15) is 0 Å². The molecule has 0 fully saturated rings. The molecule has 0 spiro atoms. The van der Waals surface area contributed by atoms with Crippen LogP contribution in [0.2, 0.25) is 5.02 Å². The number of fused-ring (bicyclic) bond motifs is 1. The smallest absolute Gasteiger partial charge is 0.251 e. The van der Waals surface area contributed by atoms with Gasteiger partial charge in [-0.3, -0.25) is 9.78 Å². The van der Waals surface area contributed by atoms with Crippen LogP contribution >= 0.6 is 11.6 Å². The van der Waals surface area contributed by atoms with Crippen LogP contribution in [0.15, 0.2) is 55.1 Å². The summed E-state index contributed by atoms with van der Waals surface area (Å²) in [6, 6.07) is 11.2. The van der Waals surface area contributed by atoms with Gasteiger partial charge in [0.1, 0.15) is 17.2 Å². The van der Waals surface area contributed by atoms with E-state index in [1.165, 1.54) is 13.4 Å². The number of hydrogen-bond donors (Lipinski definition) is 2. The largest absolute Gasteiger partial charge is 0.480 e. The number of aromatic nitrogens is 4. The summed E-state index contributed by atoms with van der Waals surface area (Å²) < 4.78 is 5.11. The molecular weight excluding hydrogens is 440 g/mol. The van der Waals surface area contributed by atoms with Crippen molar-refractivity contribution in [1.82, 2.24) is 25.3 Å². The second kappa shape index (κ2) is 9.79. The zero-order chi connectivity index (χ0) is 23.4. The van der Waals surface area contributed by atoms with Crippen molar-refractivity contribution >= 4 is 34.2 Å². The van der Waals surface area contributed by atoms with E-state index in [1.54, 1.807) is 31.6 Å². The third kappa shape index (κ3) is 4.70. The number of nitrogens with zero attached hydrogens (tertiary/aromatic N) is 4. The summed E-state index contributed by atoms with van der Waals surface area (Å²) in [4.78, 5) is 29.6. The molecule has 1 unspecified atom stereocenters. The fraction of sp³-hybridized carbons (Fsp3) is 0.208. The molecule has 0 bridgehead atoms. The zero-order valence-electron chi connectivity index (χ0n) is 18.5. The summed E-state index contributed by atoms with van der Waals surface area (Å²) in [5.74, 6) is 1.02. The van der Waals surface area contributed by atoms with Gasteiger partial charge in [0, 0.05) is 48.9 Å². The standard InChI is InChI=1S/C24H23ClN6O2/c1-14(16-5-4-6-17-18(23(32)26-2)7-8-27-22(16)17)11-28-21-10-20(30-13-31-21)15-9-19(25)24(33-3)29-12-15/h4-10,12-14H,11H2,1-3H3,(H,26,32)(H,28,30,31). The summed E-state index contributed by atoms with van der Waals surface area (Å²) in [5, 5.41) is 7.29. The lowest BCUT2D eigenvalue weighted by molar-refractivity contribution is 0.0964. The molecular formula is C24H23ClN6O2. The molecule has 168 valence electrons. The molecule has 4 aromatic rings. The minimum atomic E-state index is -0.132. The summed E-state index contributed by atoms with van der Waals surface area (Å²) in [6.07, 6.45) is 4.82. The number of benzene rings is 1. The predicted octanol–water partition coefficient (Wildman–Crippen LogP) is 4.32. The number of pyridine rings is 2. The molecule has 0 aliphatic carbocycles. The van der Waals surface area contributed by atoms with Gasteiger partial charge in [-0.05, 0) is 17.7 Å². The van der Waals surface area contributed by atoms with Gasteiger partial charge in [-0.15, -0.1) is 0 Å². The lowest BCUT2D eigenvalue weighted by atomic mass is 9.96. The fourth-order valence-electron chi connectivity index (χ4n) is 3.62. The highest BCUT2D eigenvalue weighted by molar-refractivity contribution is 6.32. The van der Waals surface area contributed by atoms with Gasteiger partial charge in [0.05, 0.1) is 23.9 Å². The Balaban J connectivity index is 1.55. The lowest BCUT2D eigenvalue weighted by Gasteiger charge is -2.16. The molecule has 0 saturated heterocycles. The molecule has 0 aliphatic heterocycles. The van der Waals surface area contributed by atoms with E-state index in [0.29, 0.717) is 34.5 Å². The molecule has 1 amide bonds. The maximum absolute atomic E-state index is 12.2. The molecule has 1 aromatic carbocycles. The van der Waals surface area contributed by atoms with Crippen LogP contribution in [0.5, 0.6) is 5.88 Å². The van der Waals surface area contributed by atoms with E-state index in [2.05, 4.69) is 37.5 Å². The minimum Gasteiger partial charge on any atom is -0.480 e. The van der Waals surface area contributed by atoms with Crippen molar-refractivity contribution in [1.29, 1.82) is 0 Å². The van der Waals surface area contributed by atoms with E-state index in [1.807, 2.05) is 24.3 Å². The molecule has 3 heterocycles. The number of ether oxygens (including phenoxy) is 1. The van der Waals surface area contributed by atoms with E-state index < -0.39 is 0 Å². The van der Waals surface area contributed by atoms with Crippen molar-refractivity contribution in [2.75, 3.05) is 26.0 Å². The predicted molar refractivity (Wildman–Crippen MR) is 129 cm³/mol. The van der Waals surface area contributed by atoms with Gasteiger partial charge < -0.3 is 15.4 Å². The first kappa shape index (κ1) is 22.4. The monoisotopic (exact) mass is 462 g/mol. The van der Waals surface area contributed by atoms with Crippen LogP contribution in [0.3, 0.4) is 0 Å². The number of anilines is 1. The highest BCUT2D eigenvalue weighted by Gasteiger charge is 2.15. The summed E-state index contributed by atoms with van der Waals surface area (Å²) in [6.45, 7) is 2.72. The number of carbonyl (C=O) groups excluding carboxylic acids is 1. The lowest BCUT2D eigenvalue weighted by Crippen LogP contribution is -2.18. The van der Waals surface area contributed by atoms with Crippen LogP contribution in [0.25, 0.3) is 22.2 Å². The van der Waals surface area contributed by atoms with Gasteiger partial charge in [-0.25, -0.2) is 15.0 Å². The second-order valence-corrected chi connectivity index (χ2v) is 7.87. The SMILES string of the molecule is CNC(=O)c1ccnc2c(C(C)CNc3cc(-c4cnc(OC)c(Cl)c4)ncn3)cccc12. The van der Waals surface area contributed by atoms with Crippen LogP contribution in [-0.2, 0) is 0 Å². The summed E-state index contributed by atoms with van der Waals surface area (Å²) in [7, 11) is 3.14. The van der Waals surface area contributed by atoms with E-state index in [4.69, 9.17) is 16.3 Å². The topological polar surface area (TPSA) is 102 Å². The third-order valence-corrected chi connectivity index (χ3v) is 5.63. The summed E-state index contributed by atoms with van der Waals surface area (Å²) in [5.41, 5.74) is 3.93. The van der Waals surface area contributed by atoms with Crippen molar-refractivity contribution in [2.45, 2.75) is 12.8 Å². The number of amides is 1. The van der Waals surface area contributed by atoms with Crippen molar-refractivity contribution in [3.63, 3.8) is 0 Å². The van der Waals surface area contributed by atoms with Crippen LogP contribution in [0, 0.1) is 0 Å². The zero-order valence-corrected chi connectivity index (χ0v) is 19.2. The Morgan fingerprint density at radius 1 is 1.15 bits per heavy atom. The van der Waals surface area contributed by atoms with Crippen LogP contribution < -0.4 is 15.4 Å². The Hall–Kier alpha value is -3.78. The molecule has 9 heteroatoms. The molecule has 3 aromatic heterocycles. The third-order valence-electron chi connectivity index (χ3n) is 5.36. The van der Waals surface area contributed by atoms with Gasteiger partial charge in [0.2, 0.25) is 5.88 Å². The molecule has 0 aliphatic rings. The number of carbonyl (C=O) groups is 1. The highest BCUT2D eigenvalue weighted by Crippen LogP contribution is 2.29. The van der Waals surface area contributed by atoms with Gasteiger partial charge in [0.25, 0.3) is 5.91 Å². The number of methoxy groups -OCH3 is 1. The maximum Gasteiger partial charge on any atom is 0.251 e. The van der Waals surface area contributed by atoms with E-state index in [-0.39, 0.29) is 11.8 Å². The van der Waals surface area contributed by atoms with Crippen molar-refractivity contribution < 1.29 is 9.53 Å². The molecule has 8 nitrogen and oxygen atoms in total. The van der Waals surface area contributed by atoms with Crippen molar-refractivity contribution in [2.24, 2.45) is 0 Å². The number of rotatable bonds is 7. The maximum atomic E-state index is 12.2. The van der Waals surface area contributed by atoms with E-state index in [9.17, 15) is 4.79 Å². The van der Waals surface area contributed by atoms with Gasteiger partial charge in [0.15, 0.2) is 0 Å². The Kier molecular flexibility index (Phi) is 6.65. The van der Waals surface area contributed by atoms with Crippen LogP contribution in [-0.4, -0.2) is 46.5 Å². The highest BCUT2D eigenvalue weighted by atomic mass is 35.5. The Morgan fingerprint density at radius 3 is 2.76 bits per heavy atom. The first-order valence-corrected chi connectivity index (χ1v) is 10.7. The van der Waals surface area contributed by atoms with Crippen LogP contribution in [0.1, 0.15) is 28.8 Å². The van der Waals surface area contributed by atoms with E-state index in [0.717, 1.165) is 22.0 Å². The molecule has 0 radical (unpaired) electrons. The van der Waals surface area contributed by atoms with Gasteiger partial charge >= 0.3 is 0 Å². The number of halogens is 1. The van der Waals surface area contributed by atoms with Crippen molar-refractivity contribution in [3.05, 3.63) is 71.3 Å². The van der Waals surface area contributed by atoms with E-state index >= 15 is 0 Å². The number of nitrogens with one attached hydrogen (secondary N) is 2. The average Bonchev–Trinajstić information content (AvgIpc) is 2.86. The fourth-order valence-corrected chi connectivity index (χ4v) is 3.87. The second-order valence-electron chi connectivity index (χ2n) is 7.47. The number of hydrogen-bond acceptors (Lipinski definition) is 7. The molecule has 2 N–H and O–H groups in total. The quantitative estimate of drug-likeness (QED) is 0.421. The summed E-state index contributed by atoms with van der Waals surface area (Å²) >= 11 is 6.20. The Labute approximate surface area is 196 Å². The molecule has 1 atom stereocenters.